The second kappa shape index (κ2) is 10.0. The lowest BCUT2D eigenvalue weighted by atomic mass is 10.1. The fourth-order valence-corrected chi connectivity index (χ4v) is 3.45. The molecule has 170 valence electrons. The van der Waals surface area contributed by atoms with Crippen molar-refractivity contribution in [1.82, 2.24) is 0 Å². The molecule has 4 rings (SSSR count). The van der Waals surface area contributed by atoms with E-state index < -0.39 is 29.8 Å². The van der Waals surface area contributed by atoms with Gasteiger partial charge in [0.1, 0.15) is 42.8 Å². The summed E-state index contributed by atoms with van der Waals surface area (Å²) in [4.78, 5) is 12.4. The minimum atomic E-state index is -0.940. The van der Waals surface area contributed by atoms with E-state index >= 15 is 0 Å². The zero-order chi connectivity index (χ0) is 23.4. The van der Waals surface area contributed by atoms with E-state index in [1.807, 2.05) is 30.3 Å². The maximum atomic E-state index is 14.5. The van der Waals surface area contributed by atoms with Crippen LogP contribution in [-0.2, 0) is 20.8 Å². The number of nitrogen functional groups attached to an aromatic ring is 1. The van der Waals surface area contributed by atoms with Crippen LogP contribution in [0.2, 0.25) is 5.02 Å². The van der Waals surface area contributed by atoms with Crippen molar-refractivity contribution in [1.29, 1.82) is 0 Å². The van der Waals surface area contributed by atoms with Gasteiger partial charge in [-0.25, -0.2) is 13.6 Å². The van der Waals surface area contributed by atoms with E-state index in [2.05, 4.69) is 0 Å². The van der Waals surface area contributed by atoms with E-state index in [0.717, 1.165) is 17.7 Å². The first-order valence-corrected chi connectivity index (χ1v) is 10.5. The van der Waals surface area contributed by atoms with Gasteiger partial charge in [0, 0.05) is 16.7 Å². The Labute approximate surface area is 194 Å². The summed E-state index contributed by atoms with van der Waals surface area (Å²) in [6, 6.07) is 17.5. The van der Waals surface area contributed by atoms with Crippen molar-refractivity contribution < 1.29 is 27.8 Å². The number of ether oxygens (including phenoxy) is 3. The molecule has 0 saturated carbocycles. The first-order valence-electron chi connectivity index (χ1n) is 10.1. The number of carbonyl (C=O) groups excluding carboxylic acids is 1. The van der Waals surface area contributed by atoms with Crippen molar-refractivity contribution in [3.8, 4) is 0 Å². The van der Waals surface area contributed by atoms with Gasteiger partial charge in [-0.3, -0.25) is 0 Å². The lowest BCUT2D eigenvalue weighted by Crippen LogP contribution is -2.23. The highest BCUT2D eigenvalue weighted by atomic mass is 35.5. The highest BCUT2D eigenvalue weighted by Gasteiger charge is 2.33. The second-order valence-corrected chi connectivity index (χ2v) is 7.83. The summed E-state index contributed by atoms with van der Waals surface area (Å²) >= 11 is 5.85. The molecule has 3 aromatic rings. The zero-order valence-corrected chi connectivity index (χ0v) is 18.1. The van der Waals surface area contributed by atoms with Crippen molar-refractivity contribution in [2.75, 3.05) is 12.3 Å². The van der Waals surface area contributed by atoms with Gasteiger partial charge in [-0.2, -0.15) is 0 Å². The monoisotopic (exact) mass is 471 g/mol. The number of halogens is 3. The smallest absolute Gasteiger partial charge is 0.338 e. The molecule has 5 nitrogen and oxygen atoms in total. The Kier molecular flexibility index (Phi) is 6.91. The molecule has 0 saturated heterocycles. The number of benzene rings is 3. The molecule has 2 N–H and O–H groups in total. The van der Waals surface area contributed by atoms with Crippen molar-refractivity contribution in [3.05, 3.63) is 112 Å². The normalized spacial score (nSPS) is 17.5. The quantitative estimate of drug-likeness (QED) is 0.359. The maximum Gasteiger partial charge on any atom is 0.338 e. The molecule has 3 aromatic carbocycles. The van der Waals surface area contributed by atoms with Crippen LogP contribution in [0.25, 0.3) is 0 Å². The average molecular weight is 472 g/mol. The van der Waals surface area contributed by atoms with E-state index in [-0.39, 0.29) is 24.5 Å². The zero-order valence-electron chi connectivity index (χ0n) is 17.3. The van der Waals surface area contributed by atoms with Crippen LogP contribution < -0.4 is 5.73 Å². The van der Waals surface area contributed by atoms with Gasteiger partial charge in [-0.05, 0) is 42.0 Å². The number of carbonyl (C=O) groups is 1. The van der Waals surface area contributed by atoms with E-state index in [0.29, 0.717) is 16.3 Å². The number of anilines is 1. The molecule has 0 aromatic heterocycles. The average Bonchev–Trinajstić information content (AvgIpc) is 3.22. The van der Waals surface area contributed by atoms with Crippen LogP contribution in [0.5, 0.6) is 0 Å². The lowest BCUT2D eigenvalue weighted by Gasteiger charge is -2.18. The maximum absolute atomic E-state index is 14.5. The van der Waals surface area contributed by atoms with Gasteiger partial charge in [0.2, 0.25) is 0 Å². The van der Waals surface area contributed by atoms with E-state index in [1.54, 1.807) is 12.1 Å². The molecule has 1 heterocycles. The number of rotatable bonds is 7. The molecule has 8 heteroatoms. The third-order valence-corrected chi connectivity index (χ3v) is 5.31. The summed E-state index contributed by atoms with van der Waals surface area (Å²) in [7, 11) is 0. The van der Waals surface area contributed by atoms with Crippen LogP contribution in [-0.4, -0.2) is 18.7 Å². The Morgan fingerprint density at radius 2 is 1.76 bits per heavy atom. The number of nitrogens with two attached hydrogens (primary N) is 1. The van der Waals surface area contributed by atoms with E-state index in [4.69, 9.17) is 31.5 Å². The standard InChI is InChI=1S/C25H20ClF2NO4/c26-17-8-6-16(7-9-17)25(30)32-14-24-23(31-13-15-4-2-1-3-5-15)12-22(33-24)18-10-20(28)21(29)11-19(18)27/h1-12,22,24H,13-14,29H2/t22-,24-/m0/s1. The van der Waals surface area contributed by atoms with Crippen molar-refractivity contribution >= 4 is 23.3 Å². The number of hydrogen-bond donors (Lipinski definition) is 1. The molecule has 0 spiro atoms. The van der Waals surface area contributed by atoms with Crippen LogP contribution in [0.4, 0.5) is 14.5 Å². The fraction of sp³-hybridized carbons (Fsp3) is 0.160. The highest BCUT2D eigenvalue weighted by Crippen LogP contribution is 2.35. The van der Waals surface area contributed by atoms with E-state index in [9.17, 15) is 13.6 Å². The van der Waals surface area contributed by atoms with Crippen LogP contribution in [0.3, 0.4) is 0 Å². The summed E-state index contributed by atoms with van der Waals surface area (Å²) < 4.78 is 45.6. The van der Waals surface area contributed by atoms with Crippen LogP contribution in [0.1, 0.15) is 27.6 Å². The number of hydrogen-bond acceptors (Lipinski definition) is 5. The summed E-state index contributed by atoms with van der Waals surface area (Å²) in [5.41, 5.74) is 6.33. The topological polar surface area (TPSA) is 70.8 Å². The molecule has 33 heavy (non-hydrogen) atoms. The predicted octanol–water partition coefficient (Wildman–Crippen LogP) is 5.60. The predicted molar refractivity (Wildman–Crippen MR) is 119 cm³/mol. The van der Waals surface area contributed by atoms with Gasteiger partial charge in [-0.1, -0.05) is 41.9 Å². The molecule has 0 radical (unpaired) electrons. The summed E-state index contributed by atoms with van der Waals surface area (Å²) in [6.45, 7) is 0.0423. The Bertz CT molecular complexity index is 1170. The molecule has 0 unspecified atom stereocenters. The first kappa shape index (κ1) is 22.8. The van der Waals surface area contributed by atoms with Crippen molar-refractivity contribution in [2.45, 2.75) is 18.8 Å². The molecular formula is C25H20ClF2NO4. The van der Waals surface area contributed by atoms with Gasteiger partial charge in [0.05, 0.1) is 11.3 Å². The molecule has 1 aliphatic rings. The summed E-state index contributed by atoms with van der Waals surface area (Å²) in [6.07, 6.45) is -0.210. The third kappa shape index (κ3) is 5.50. The van der Waals surface area contributed by atoms with Gasteiger partial charge in [0.25, 0.3) is 0 Å². The Morgan fingerprint density at radius 3 is 2.48 bits per heavy atom. The molecular weight excluding hydrogens is 452 g/mol. The second-order valence-electron chi connectivity index (χ2n) is 7.39. The van der Waals surface area contributed by atoms with Crippen molar-refractivity contribution in [3.63, 3.8) is 0 Å². The van der Waals surface area contributed by atoms with Gasteiger partial charge in [-0.15, -0.1) is 0 Å². The lowest BCUT2D eigenvalue weighted by molar-refractivity contribution is -0.0208. The Balaban J connectivity index is 1.51. The molecule has 0 amide bonds. The van der Waals surface area contributed by atoms with Crippen LogP contribution in [0, 0.1) is 11.6 Å². The number of esters is 1. The van der Waals surface area contributed by atoms with Gasteiger partial charge in [0.15, 0.2) is 0 Å². The van der Waals surface area contributed by atoms with Crippen LogP contribution >= 0.6 is 11.6 Å². The summed E-state index contributed by atoms with van der Waals surface area (Å²) in [5, 5.41) is 0.491. The SMILES string of the molecule is Nc1cc(F)c([C@@H]2C=C(OCc3ccccc3)[C@H](COC(=O)c3ccc(Cl)cc3)O2)cc1F. The van der Waals surface area contributed by atoms with Crippen molar-refractivity contribution in [2.24, 2.45) is 0 Å². The van der Waals surface area contributed by atoms with Gasteiger partial charge < -0.3 is 19.9 Å². The molecule has 1 aliphatic heterocycles. The molecule has 2 atom stereocenters. The highest BCUT2D eigenvalue weighted by molar-refractivity contribution is 6.30. The minimum absolute atomic E-state index is 0.0333. The third-order valence-electron chi connectivity index (χ3n) is 5.06. The fourth-order valence-electron chi connectivity index (χ4n) is 3.32. The molecule has 0 bridgehead atoms. The molecule has 0 aliphatic carbocycles. The molecule has 0 fully saturated rings. The Morgan fingerprint density at radius 1 is 1.03 bits per heavy atom. The largest absolute Gasteiger partial charge is 0.491 e. The van der Waals surface area contributed by atoms with E-state index in [1.165, 1.54) is 18.2 Å². The Hall–Kier alpha value is -3.42. The summed E-state index contributed by atoms with van der Waals surface area (Å²) in [5.74, 6) is -1.70. The first-order chi connectivity index (χ1) is 15.9. The van der Waals surface area contributed by atoms with Gasteiger partial charge >= 0.3 is 5.97 Å². The van der Waals surface area contributed by atoms with Crippen LogP contribution in [0.15, 0.2) is 78.6 Å². The minimum Gasteiger partial charge on any atom is -0.491 e.